The zero-order valence-electron chi connectivity index (χ0n) is 46.9. The summed E-state index contributed by atoms with van der Waals surface area (Å²) in [5, 5.41) is 0. The van der Waals surface area contributed by atoms with Gasteiger partial charge in [-0.25, -0.2) is 0 Å². The lowest BCUT2D eigenvalue weighted by molar-refractivity contribution is -0.166. The lowest BCUT2D eigenvalue weighted by atomic mass is 10.1. The van der Waals surface area contributed by atoms with Crippen molar-refractivity contribution >= 4 is 17.9 Å². The molecule has 72 heavy (non-hydrogen) atoms. The van der Waals surface area contributed by atoms with Crippen molar-refractivity contribution in [3.63, 3.8) is 0 Å². The molecule has 0 aliphatic carbocycles. The predicted molar refractivity (Wildman–Crippen MR) is 311 cm³/mol. The number of allylic oxidation sites excluding steroid dienone is 17. The first kappa shape index (κ1) is 68.1. The number of hydrogen-bond acceptors (Lipinski definition) is 6. The lowest BCUT2D eigenvalue weighted by Crippen LogP contribution is -2.30. The fourth-order valence-electron chi connectivity index (χ4n) is 8.05. The van der Waals surface area contributed by atoms with Crippen molar-refractivity contribution in [3.8, 4) is 0 Å². The SMILES string of the molecule is CC/C=C\C/C=C\C/C=C\C/C=C\C/C=C\CC(=O)OCC(COC(=O)CCCCCCCCCCC/C=C\C/C=C\CCCCCCC)OC(=O)CCCCCCCCC/C=C\C/C=C\CCCCCC. The van der Waals surface area contributed by atoms with Crippen LogP contribution in [0.15, 0.2) is 109 Å². The van der Waals surface area contributed by atoms with E-state index in [1.807, 2.05) is 6.08 Å². The smallest absolute Gasteiger partial charge is 0.309 e. The average molecular weight is 1000 g/mol. The fourth-order valence-corrected chi connectivity index (χ4v) is 8.05. The van der Waals surface area contributed by atoms with Crippen molar-refractivity contribution < 1.29 is 28.6 Å². The molecule has 6 nitrogen and oxygen atoms in total. The molecule has 0 saturated carbocycles. The van der Waals surface area contributed by atoms with Crippen LogP contribution in [0.2, 0.25) is 0 Å². The molecule has 1 atom stereocenters. The van der Waals surface area contributed by atoms with E-state index in [9.17, 15) is 14.4 Å². The maximum Gasteiger partial charge on any atom is 0.309 e. The summed E-state index contributed by atoms with van der Waals surface area (Å²) in [6.07, 6.45) is 81.0. The Morgan fingerprint density at radius 2 is 0.597 bits per heavy atom. The van der Waals surface area contributed by atoms with E-state index in [0.29, 0.717) is 12.8 Å². The van der Waals surface area contributed by atoms with E-state index < -0.39 is 12.1 Å². The van der Waals surface area contributed by atoms with Crippen LogP contribution in [-0.4, -0.2) is 37.2 Å². The molecule has 0 rings (SSSR count). The minimum Gasteiger partial charge on any atom is -0.462 e. The maximum atomic E-state index is 12.9. The van der Waals surface area contributed by atoms with Gasteiger partial charge in [0.05, 0.1) is 6.42 Å². The highest BCUT2D eigenvalue weighted by molar-refractivity contribution is 5.72. The molecule has 1 unspecified atom stereocenters. The first-order chi connectivity index (χ1) is 35.5. The van der Waals surface area contributed by atoms with Crippen LogP contribution >= 0.6 is 0 Å². The van der Waals surface area contributed by atoms with Gasteiger partial charge in [0.25, 0.3) is 0 Å². The highest BCUT2D eigenvalue weighted by atomic mass is 16.6. The minimum absolute atomic E-state index is 0.114. The van der Waals surface area contributed by atoms with Crippen LogP contribution in [0.4, 0.5) is 0 Å². The molecule has 0 N–H and O–H groups in total. The van der Waals surface area contributed by atoms with Gasteiger partial charge in [-0.1, -0.05) is 252 Å². The molecule has 0 aromatic carbocycles. The summed E-state index contributed by atoms with van der Waals surface area (Å²) in [6.45, 7) is 6.41. The second kappa shape index (κ2) is 59.6. The zero-order valence-corrected chi connectivity index (χ0v) is 46.9. The van der Waals surface area contributed by atoms with Crippen LogP contribution in [-0.2, 0) is 28.6 Å². The second-order valence-corrected chi connectivity index (χ2v) is 19.5. The van der Waals surface area contributed by atoms with Gasteiger partial charge >= 0.3 is 17.9 Å². The Kier molecular flexibility index (Phi) is 56.4. The number of hydrogen-bond donors (Lipinski definition) is 0. The molecule has 0 aliphatic rings. The van der Waals surface area contributed by atoms with Gasteiger partial charge in [0.15, 0.2) is 6.10 Å². The van der Waals surface area contributed by atoms with Gasteiger partial charge in [0, 0.05) is 12.8 Å². The van der Waals surface area contributed by atoms with Gasteiger partial charge in [-0.2, -0.15) is 0 Å². The topological polar surface area (TPSA) is 78.9 Å². The normalized spacial score (nSPS) is 12.9. The van der Waals surface area contributed by atoms with Crippen molar-refractivity contribution in [2.45, 2.75) is 277 Å². The molecule has 410 valence electrons. The van der Waals surface area contributed by atoms with E-state index in [0.717, 1.165) is 89.9 Å². The van der Waals surface area contributed by atoms with Crippen molar-refractivity contribution in [2.24, 2.45) is 0 Å². The first-order valence-corrected chi connectivity index (χ1v) is 29.9. The molecular formula is C66H110O6. The van der Waals surface area contributed by atoms with Crippen molar-refractivity contribution in [1.29, 1.82) is 0 Å². The summed E-state index contributed by atoms with van der Waals surface area (Å²) in [6, 6.07) is 0. The Hall–Kier alpha value is -3.93. The number of unbranched alkanes of at least 4 members (excludes halogenated alkanes) is 25. The standard InChI is InChI=1S/C66H110O6/c1-4-7-10-13-16-19-22-25-28-30-32-33-34-36-38-41-44-47-50-53-56-59-65(68)71-62-63(61-70-64(67)58-55-52-49-46-43-40-37-27-24-21-18-15-12-9-6-3)72-66(69)60-57-54-51-48-45-42-39-35-31-29-26-23-20-17-14-11-8-5-2/h9,12,18,20-23,25,27,29-32,37,43,46,52,55,63H,4-8,10-11,13-17,19,24,26,28,33-36,38-42,44-45,47-51,53-54,56-62H2,1-3H3/b12-9-,21-18-,23-20-,25-22-,31-29-,32-30-,37-27-,46-43-,55-52-. The van der Waals surface area contributed by atoms with E-state index >= 15 is 0 Å². The minimum atomic E-state index is -0.827. The van der Waals surface area contributed by atoms with Crippen LogP contribution in [0.3, 0.4) is 0 Å². The molecule has 0 aromatic heterocycles. The van der Waals surface area contributed by atoms with Crippen LogP contribution in [0, 0.1) is 0 Å². The molecule has 0 spiro atoms. The Morgan fingerprint density at radius 1 is 0.306 bits per heavy atom. The summed E-state index contributed by atoms with van der Waals surface area (Å²) in [7, 11) is 0. The third-order valence-corrected chi connectivity index (χ3v) is 12.5. The Morgan fingerprint density at radius 3 is 0.986 bits per heavy atom. The maximum absolute atomic E-state index is 12.9. The van der Waals surface area contributed by atoms with Gasteiger partial charge in [-0.15, -0.1) is 0 Å². The van der Waals surface area contributed by atoms with Gasteiger partial charge < -0.3 is 14.2 Å². The Bertz CT molecular complexity index is 1470. The average Bonchev–Trinajstić information content (AvgIpc) is 3.38. The summed E-state index contributed by atoms with van der Waals surface area (Å²) in [5.41, 5.74) is 0. The molecule has 0 saturated heterocycles. The highest BCUT2D eigenvalue weighted by Gasteiger charge is 2.19. The van der Waals surface area contributed by atoms with Gasteiger partial charge in [0.2, 0.25) is 0 Å². The molecular weight excluding hydrogens is 889 g/mol. The van der Waals surface area contributed by atoms with Crippen molar-refractivity contribution in [2.75, 3.05) is 13.2 Å². The third-order valence-electron chi connectivity index (χ3n) is 12.5. The number of esters is 3. The lowest BCUT2D eigenvalue weighted by Gasteiger charge is -2.18. The van der Waals surface area contributed by atoms with E-state index in [1.165, 1.54) is 141 Å². The van der Waals surface area contributed by atoms with E-state index in [1.54, 1.807) is 6.08 Å². The molecule has 6 heteroatoms. The molecule has 0 heterocycles. The number of ether oxygens (including phenoxy) is 3. The van der Waals surface area contributed by atoms with Crippen LogP contribution in [0.25, 0.3) is 0 Å². The number of rotatable bonds is 53. The van der Waals surface area contributed by atoms with Crippen molar-refractivity contribution in [1.82, 2.24) is 0 Å². The largest absolute Gasteiger partial charge is 0.462 e. The summed E-state index contributed by atoms with van der Waals surface area (Å²) < 4.78 is 16.8. The first-order valence-electron chi connectivity index (χ1n) is 29.9. The fraction of sp³-hybridized carbons (Fsp3) is 0.682. The molecule has 0 aromatic rings. The van der Waals surface area contributed by atoms with E-state index in [-0.39, 0.29) is 31.6 Å². The van der Waals surface area contributed by atoms with E-state index in [4.69, 9.17) is 14.2 Å². The third kappa shape index (κ3) is 57.0. The summed E-state index contributed by atoms with van der Waals surface area (Å²) >= 11 is 0. The zero-order chi connectivity index (χ0) is 52.2. The van der Waals surface area contributed by atoms with Gasteiger partial charge in [0.1, 0.15) is 13.2 Å². The summed E-state index contributed by atoms with van der Waals surface area (Å²) in [4.78, 5) is 38.2. The molecule has 0 bridgehead atoms. The van der Waals surface area contributed by atoms with Gasteiger partial charge in [-0.05, 0) is 109 Å². The van der Waals surface area contributed by atoms with Crippen LogP contribution in [0.5, 0.6) is 0 Å². The molecule has 0 amide bonds. The predicted octanol–water partition coefficient (Wildman–Crippen LogP) is 20.3. The monoisotopic (exact) mass is 999 g/mol. The number of carbonyl (C=O) groups excluding carboxylic acids is 3. The Balaban J connectivity index is 4.48. The highest BCUT2D eigenvalue weighted by Crippen LogP contribution is 2.15. The molecule has 0 radical (unpaired) electrons. The van der Waals surface area contributed by atoms with Crippen LogP contribution < -0.4 is 0 Å². The van der Waals surface area contributed by atoms with E-state index in [2.05, 4.69) is 118 Å². The molecule has 0 fully saturated rings. The van der Waals surface area contributed by atoms with Gasteiger partial charge in [-0.3, -0.25) is 14.4 Å². The summed E-state index contributed by atoms with van der Waals surface area (Å²) in [5.74, 6) is -1.06. The quantitative estimate of drug-likeness (QED) is 0.0261. The second-order valence-electron chi connectivity index (χ2n) is 19.5. The van der Waals surface area contributed by atoms with Crippen LogP contribution in [0.1, 0.15) is 271 Å². The van der Waals surface area contributed by atoms with Crippen molar-refractivity contribution in [3.05, 3.63) is 109 Å². The molecule has 0 aliphatic heterocycles. The Labute approximate surface area is 444 Å². The number of carbonyl (C=O) groups is 3.